The fraction of sp³-hybridized carbons (Fsp3) is 0.438. The van der Waals surface area contributed by atoms with Crippen LogP contribution in [0.3, 0.4) is 0 Å². The largest absolute Gasteiger partial charge is 0.444 e. The molecule has 0 fully saturated rings. The summed E-state index contributed by atoms with van der Waals surface area (Å²) in [5.74, 6) is 0. The van der Waals surface area contributed by atoms with E-state index in [2.05, 4.69) is 6.08 Å². The Balaban J connectivity index is 2.02. The summed E-state index contributed by atoms with van der Waals surface area (Å²) in [5, 5.41) is 0. The van der Waals surface area contributed by atoms with E-state index < -0.39 is 5.60 Å². The summed E-state index contributed by atoms with van der Waals surface area (Å²) in [5.41, 5.74) is 8.48. The van der Waals surface area contributed by atoms with E-state index >= 15 is 0 Å². The fourth-order valence-corrected chi connectivity index (χ4v) is 2.16. The molecule has 0 radical (unpaired) electrons. The molecule has 2 N–H and O–H groups in total. The summed E-state index contributed by atoms with van der Waals surface area (Å²) in [7, 11) is 0. The molecule has 1 heterocycles. The van der Waals surface area contributed by atoms with Gasteiger partial charge in [0.2, 0.25) is 0 Å². The van der Waals surface area contributed by atoms with E-state index in [0.29, 0.717) is 13.1 Å². The number of ether oxygens (including phenoxy) is 1. The maximum absolute atomic E-state index is 12.0. The Bertz CT molecular complexity index is 530. The zero-order valence-electron chi connectivity index (χ0n) is 12.3. The molecule has 1 aliphatic rings. The molecular formula is C16H22N2O2. The van der Waals surface area contributed by atoms with Crippen LogP contribution in [0, 0.1) is 0 Å². The minimum atomic E-state index is -0.449. The molecule has 1 aromatic rings. The van der Waals surface area contributed by atoms with Crippen molar-refractivity contribution in [3.8, 4) is 0 Å². The molecule has 4 nitrogen and oxygen atoms in total. The molecule has 0 aromatic heterocycles. The van der Waals surface area contributed by atoms with Crippen LogP contribution in [0.5, 0.6) is 0 Å². The van der Waals surface area contributed by atoms with Crippen molar-refractivity contribution in [2.75, 3.05) is 18.8 Å². The van der Waals surface area contributed by atoms with E-state index in [4.69, 9.17) is 10.5 Å². The van der Waals surface area contributed by atoms with Crippen molar-refractivity contribution in [2.45, 2.75) is 32.8 Å². The Morgan fingerprint density at radius 1 is 1.35 bits per heavy atom. The van der Waals surface area contributed by atoms with Crippen molar-refractivity contribution < 1.29 is 9.53 Å². The van der Waals surface area contributed by atoms with Crippen LogP contribution in [0.1, 0.15) is 32.8 Å². The molecule has 0 saturated carbocycles. The quantitative estimate of drug-likeness (QED) is 0.799. The van der Waals surface area contributed by atoms with Crippen LogP contribution >= 0.6 is 0 Å². The van der Waals surface area contributed by atoms with Gasteiger partial charge in [0.25, 0.3) is 0 Å². The SMILES string of the molecule is CC(C)(C)OC(=O)N1CC=C(c2cccc(N)c2)CC1. The van der Waals surface area contributed by atoms with E-state index in [9.17, 15) is 4.79 Å². The molecule has 108 valence electrons. The van der Waals surface area contributed by atoms with Crippen LogP contribution in [0.4, 0.5) is 10.5 Å². The summed E-state index contributed by atoms with van der Waals surface area (Å²) in [4.78, 5) is 13.7. The van der Waals surface area contributed by atoms with Crippen molar-refractivity contribution in [1.82, 2.24) is 4.90 Å². The highest BCUT2D eigenvalue weighted by molar-refractivity contribution is 5.73. The van der Waals surface area contributed by atoms with E-state index in [0.717, 1.165) is 17.7 Å². The molecule has 0 spiro atoms. The summed E-state index contributed by atoms with van der Waals surface area (Å²) in [6, 6.07) is 7.84. The molecule has 0 saturated heterocycles. The van der Waals surface area contributed by atoms with Gasteiger partial charge in [-0.2, -0.15) is 0 Å². The number of amides is 1. The lowest BCUT2D eigenvalue weighted by Crippen LogP contribution is -2.39. The standard InChI is InChI=1S/C16H22N2O2/c1-16(2,3)20-15(19)18-9-7-12(8-10-18)13-5-4-6-14(17)11-13/h4-7,11H,8-10,17H2,1-3H3. The first-order chi connectivity index (χ1) is 9.35. The Kier molecular flexibility index (Phi) is 4.02. The van der Waals surface area contributed by atoms with E-state index in [1.54, 1.807) is 4.90 Å². The van der Waals surface area contributed by atoms with Gasteiger partial charge in [-0.15, -0.1) is 0 Å². The van der Waals surface area contributed by atoms with Crippen molar-refractivity contribution in [1.29, 1.82) is 0 Å². The maximum Gasteiger partial charge on any atom is 0.410 e. The third-order valence-electron chi connectivity index (χ3n) is 3.12. The number of carbonyl (C=O) groups excluding carboxylic acids is 1. The van der Waals surface area contributed by atoms with Crippen molar-refractivity contribution in [3.05, 3.63) is 35.9 Å². The lowest BCUT2D eigenvalue weighted by atomic mass is 9.99. The Morgan fingerprint density at radius 3 is 2.65 bits per heavy atom. The summed E-state index contributed by atoms with van der Waals surface area (Å²) < 4.78 is 5.37. The third-order valence-corrected chi connectivity index (χ3v) is 3.12. The molecule has 0 atom stereocenters. The predicted octanol–water partition coefficient (Wildman–Crippen LogP) is 3.29. The van der Waals surface area contributed by atoms with E-state index in [-0.39, 0.29) is 6.09 Å². The number of nitrogens with zero attached hydrogens (tertiary/aromatic N) is 1. The Hall–Kier alpha value is -1.97. The lowest BCUT2D eigenvalue weighted by molar-refractivity contribution is 0.0270. The first-order valence-electron chi connectivity index (χ1n) is 6.88. The average Bonchev–Trinajstić information content (AvgIpc) is 2.37. The van der Waals surface area contributed by atoms with Gasteiger partial charge in [-0.25, -0.2) is 4.79 Å². The summed E-state index contributed by atoms with van der Waals surface area (Å²) >= 11 is 0. The van der Waals surface area contributed by atoms with Crippen molar-refractivity contribution in [3.63, 3.8) is 0 Å². The zero-order valence-corrected chi connectivity index (χ0v) is 12.3. The second-order valence-electron chi connectivity index (χ2n) is 6.03. The Labute approximate surface area is 120 Å². The number of hydrogen-bond donors (Lipinski definition) is 1. The molecule has 1 amide bonds. The topological polar surface area (TPSA) is 55.6 Å². The number of nitrogens with two attached hydrogens (primary N) is 1. The number of nitrogen functional groups attached to an aromatic ring is 1. The van der Waals surface area contributed by atoms with Gasteiger partial charge in [0, 0.05) is 18.8 Å². The lowest BCUT2D eigenvalue weighted by Gasteiger charge is -2.29. The molecule has 4 heteroatoms. The number of anilines is 1. The number of carbonyl (C=O) groups is 1. The van der Waals surface area contributed by atoms with Crippen LogP contribution in [0.25, 0.3) is 5.57 Å². The molecular weight excluding hydrogens is 252 g/mol. The molecule has 0 bridgehead atoms. The van der Waals surface area contributed by atoms with Gasteiger partial charge in [0.05, 0.1) is 0 Å². The van der Waals surface area contributed by atoms with Gasteiger partial charge < -0.3 is 15.4 Å². The van der Waals surface area contributed by atoms with Crippen LogP contribution in [0.15, 0.2) is 30.3 Å². The molecule has 0 unspecified atom stereocenters. The first kappa shape index (κ1) is 14.4. The average molecular weight is 274 g/mol. The number of benzene rings is 1. The van der Waals surface area contributed by atoms with Crippen LogP contribution in [0.2, 0.25) is 0 Å². The van der Waals surface area contributed by atoms with Gasteiger partial charge in [-0.3, -0.25) is 0 Å². The van der Waals surface area contributed by atoms with E-state index in [1.807, 2.05) is 45.0 Å². The summed E-state index contributed by atoms with van der Waals surface area (Å²) in [6.45, 7) is 6.89. The molecule has 20 heavy (non-hydrogen) atoms. The van der Waals surface area contributed by atoms with Crippen molar-refractivity contribution >= 4 is 17.4 Å². The highest BCUT2D eigenvalue weighted by Crippen LogP contribution is 2.24. The smallest absolute Gasteiger partial charge is 0.410 e. The normalized spacial score (nSPS) is 15.8. The van der Waals surface area contributed by atoms with Gasteiger partial charge >= 0.3 is 6.09 Å². The number of rotatable bonds is 1. The van der Waals surface area contributed by atoms with Crippen LogP contribution < -0.4 is 5.73 Å². The second-order valence-corrected chi connectivity index (χ2v) is 6.03. The van der Waals surface area contributed by atoms with Gasteiger partial charge in [-0.1, -0.05) is 18.2 Å². The highest BCUT2D eigenvalue weighted by Gasteiger charge is 2.23. The monoisotopic (exact) mass is 274 g/mol. The summed E-state index contributed by atoms with van der Waals surface area (Å²) in [6.07, 6.45) is 2.64. The molecule has 0 aliphatic carbocycles. The first-order valence-corrected chi connectivity index (χ1v) is 6.88. The predicted molar refractivity (Wildman–Crippen MR) is 81.3 cm³/mol. The number of hydrogen-bond acceptors (Lipinski definition) is 3. The molecule has 2 rings (SSSR count). The minimum Gasteiger partial charge on any atom is -0.444 e. The van der Waals surface area contributed by atoms with Crippen molar-refractivity contribution in [2.24, 2.45) is 0 Å². The maximum atomic E-state index is 12.0. The van der Waals surface area contributed by atoms with Crippen LogP contribution in [-0.2, 0) is 4.74 Å². The van der Waals surface area contributed by atoms with Crippen LogP contribution in [-0.4, -0.2) is 29.7 Å². The van der Waals surface area contributed by atoms with E-state index in [1.165, 1.54) is 5.57 Å². The molecule has 1 aliphatic heterocycles. The molecule has 1 aromatic carbocycles. The highest BCUT2D eigenvalue weighted by atomic mass is 16.6. The fourth-order valence-electron chi connectivity index (χ4n) is 2.16. The second kappa shape index (κ2) is 5.57. The zero-order chi connectivity index (χ0) is 14.8. The van der Waals surface area contributed by atoms with Gasteiger partial charge in [0.1, 0.15) is 5.60 Å². The van der Waals surface area contributed by atoms with Gasteiger partial charge in [0.15, 0.2) is 0 Å². The van der Waals surface area contributed by atoms with Gasteiger partial charge in [-0.05, 0) is 50.5 Å². The minimum absolute atomic E-state index is 0.250. The third kappa shape index (κ3) is 3.76. The Morgan fingerprint density at radius 2 is 2.10 bits per heavy atom.